The van der Waals surface area contributed by atoms with Crippen LogP contribution in [0.3, 0.4) is 0 Å². The Balaban J connectivity index is 3.24. The maximum atomic E-state index is 11.8. The minimum Gasteiger partial charge on any atom is -0.396 e. The average molecular weight is 217 g/mol. The molecule has 1 aromatic rings. The van der Waals surface area contributed by atoms with Crippen LogP contribution in [0, 0.1) is 6.92 Å². The lowest BCUT2D eigenvalue weighted by molar-refractivity contribution is 0.562. The van der Waals surface area contributed by atoms with E-state index in [9.17, 15) is 8.42 Å². The van der Waals surface area contributed by atoms with Gasteiger partial charge in [-0.25, -0.2) is 8.42 Å². The Bertz CT molecular complexity index is 422. The van der Waals surface area contributed by atoms with Crippen LogP contribution in [0.5, 0.6) is 0 Å². The van der Waals surface area contributed by atoms with Crippen molar-refractivity contribution in [1.29, 1.82) is 0 Å². The third-order valence-corrected chi connectivity index (χ3v) is 4.53. The number of nitrogen functional groups attached to an aromatic ring is 1. The quantitative estimate of drug-likeness (QED) is 0.810. The van der Waals surface area contributed by atoms with Crippen molar-refractivity contribution in [2.45, 2.75) is 32.4 Å². The molecule has 1 unspecified atom stereocenters. The number of nitrogens with two attached hydrogens (primary N) is 1. The zero-order chi connectivity index (χ0) is 10.9. The van der Waals surface area contributed by atoms with Gasteiger partial charge in [0.1, 0.15) is 0 Å². The van der Waals surface area contributed by atoms with Gasteiger partial charge in [-0.3, -0.25) is 0 Å². The topological polar surface area (TPSA) is 78.0 Å². The molecule has 0 saturated heterocycles. The van der Waals surface area contributed by atoms with Gasteiger partial charge in [0.15, 0.2) is 0 Å². The molecule has 0 radical (unpaired) electrons. The maximum absolute atomic E-state index is 11.8. The second-order valence-electron chi connectivity index (χ2n) is 3.29. The summed E-state index contributed by atoms with van der Waals surface area (Å²) in [7, 11) is -3.37. The summed E-state index contributed by atoms with van der Waals surface area (Å²) in [5, 5.41) is 3.32. The Morgan fingerprint density at radius 2 is 2.21 bits per heavy atom. The lowest BCUT2D eigenvalue weighted by Crippen LogP contribution is -2.26. The van der Waals surface area contributed by atoms with E-state index in [1.807, 2.05) is 6.92 Å². The minimum absolute atomic E-state index is 0.400. The predicted molar refractivity (Wildman–Crippen MR) is 55.4 cm³/mol. The summed E-state index contributed by atoms with van der Waals surface area (Å²) in [6.45, 7) is 5.12. The predicted octanol–water partition coefficient (Wildman–Crippen LogP) is 0.750. The summed E-state index contributed by atoms with van der Waals surface area (Å²) in [4.78, 5) is 0. The van der Waals surface area contributed by atoms with E-state index >= 15 is 0 Å². The molecule has 14 heavy (non-hydrogen) atoms. The fourth-order valence-electron chi connectivity index (χ4n) is 1.04. The number of hydrogen-bond acceptors (Lipinski definition) is 4. The van der Waals surface area contributed by atoms with Crippen molar-refractivity contribution in [2.75, 3.05) is 5.73 Å². The molecule has 0 aliphatic carbocycles. The molecule has 1 rings (SSSR count). The summed E-state index contributed by atoms with van der Waals surface area (Å²) >= 11 is 0. The molecule has 0 bridgehead atoms. The molecule has 6 heteroatoms. The molecule has 0 aromatic carbocycles. The monoisotopic (exact) mass is 217 g/mol. The number of hydrogen-bond donors (Lipinski definition) is 1. The molecule has 2 N–H and O–H groups in total. The highest BCUT2D eigenvalue weighted by molar-refractivity contribution is 7.90. The first-order valence-electron chi connectivity index (χ1n) is 4.45. The summed E-state index contributed by atoms with van der Waals surface area (Å²) < 4.78 is 24.7. The molecular weight excluding hydrogens is 202 g/mol. The molecule has 0 spiro atoms. The molecule has 0 aliphatic rings. The minimum atomic E-state index is -3.37. The van der Waals surface area contributed by atoms with Gasteiger partial charge in [0.25, 0.3) is 10.0 Å². The number of aromatic nitrogens is 2. The normalized spacial score (nSPS) is 14.2. The van der Waals surface area contributed by atoms with Crippen LogP contribution in [0.25, 0.3) is 0 Å². The first-order valence-corrected chi connectivity index (χ1v) is 5.96. The van der Waals surface area contributed by atoms with Crippen LogP contribution in [0.15, 0.2) is 6.20 Å². The van der Waals surface area contributed by atoms with Crippen LogP contribution in [-0.4, -0.2) is 22.9 Å². The van der Waals surface area contributed by atoms with Gasteiger partial charge in [-0.05, 0) is 20.3 Å². The van der Waals surface area contributed by atoms with Crippen molar-refractivity contribution in [1.82, 2.24) is 9.19 Å². The van der Waals surface area contributed by atoms with E-state index < -0.39 is 15.3 Å². The zero-order valence-electron chi connectivity index (χ0n) is 8.56. The molecule has 0 saturated carbocycles. The standard InChI is InChI=1S/C8H15N3O2S/c1-4-6(2)14(12,13)11-7(3)8(9)5-10-11/h5-6H,4,9H2,1-3H3. The van der Waals surface area contributed by atoms with Gasteiger partial charge in [-0.2, -0.15) is 9.19 Å². The van der Waals surface area contributed by atoms with Crippen LogP contribution >= 0.6 is 0 Å². The lowest BCUT2D eigenvalue weighted by Gasteiger charge is -2.11. The van der Waals surface area contributed by atoms with Crippen LogP contribution in [-0.2, 0) is 10.0 Å². The number of rotatable bonds is 3. The van der Waals surface area contributed by atoms with Crippen molar-refractivity contribution in [3.63, 3.8) is 0 Å². The smallest absolute Gasteiger partial charge is 0.256 e. The van der Waals surface area contributed by atoms with E-state index in [-0.39, 0.29) is 0 Å². The van der Waals surface area contributed by atoms with E-state index in [2.05, 4.69) is 5.10 Å². The Morgan fingerprint density at radius 1 is 1.64 bits per heavy atom. The summed E-state index contributed by atoms with van der Waals surface area (Å²) in [5.41, 5.74) is 6.41. The van der Waals surface area contributed by atoms with E-state index in [0.717, 1.165) is 4.09 Å². The molecular formula is C8H15N3O2S. The second kappa shape index (κ2) is 3.61. The highest BCUT2D eigenvalue weighted by atomic mass is 32.2. The highest BCUT2D eigenvalue weighted by Gasteiger charge is 2.24. The molecule has 5 nitrogen and oxygen atoms in total. The molecule has 0 fully saturated rings. The first kappa shape index (κ1) is 11.0. The summed E-state index contributed by atoms with van der Waals surface area (Å²) in [5.74, 6) is 0. The summed E-state index contributed by atoms with van der Waals surface area (Å²) in [6.07, 6.45) is 1.91. The van der Waals surface area contributed by atoms with E-state index in [4.69, 9.17) is 5.73 Å². The van der Waals surface area contributed by atoms with Gasteiger partial charge in [0, 0.05) is 0 Å². The summed E-state index contributed by atoms with van der Waals surface area (Å²) in [6, 6.07) is 0. The van der Waals surface area contributed by atoms with Crippen LogP contribution < -0.4 is 5.73 Å². The third kappa shape index (κ3) is 1.61. The van der Waals surface area contributed by atoms with Crippen LogP contribution in [0.4, 0.5) is 5.69 Å². The first-order chi connectivity index (χ1) is 6.41. The molecule has 0 aliphatic heterocycles. The molecule has 1 heterocycles. The SMILES string of the molecule is CCC(C)S(=O)(=O)n1ncc(N)c1C. The third-order valence-electron chi connectivity index (χ3n) is 2.33. The Kier molecular flexibility index (Phi) is 2.84. The second-order valence-corrected chi connectivity index (χ2v) is 5.47. The molecule has 1 aromatic heterocycles. The van der Waals surface area contributed by atoms with Gasteiger partial charge in [-0.15, -0.1) is 0 Å². The number of anilines is 1. The largest absolute Gasteiger partial charge is 0.396 e. The molecule has 1 atom stereocenters. The zero-order valence-corrected chi connectivity index (χ0v) is 9.37. The van der Waals surface area contributed by atoms with E-state index in [1.54, 1.807) is 13.8 Å². The van der Waals surface area contributed by atoms with Crippen LogP contribution in [0.2, 0.25) is 0 Å². The maximum Gasteiger partial charge on any atom is 0.256 e. The van der Waals surface area contributed by atoms with Gasteiger partial charge >= 0.3 is 0 Å². The fraction of sp³-hybridized carbons (Fsp3) is 0.625. The average Bonchev–Trinajstić information content (AvgIpc) is 2.46. The highest BCUT2D eigenvalue weighted by Crippen LogP contribution is 2.15. The van der Waals surface area contributed by atoms with Gasteiger partial charge in [-0.1, -0.05) is 6.92 Å². The van der Waals surface area contributed by atoms with E-state index in [1.165, 1.54) is 6.20 Å². The van der Waals surface area contributed by atoms with Crippen molar-refractivity contribution in [2.24, 2.45) is 0 Å². The fourth-order valence-corrected chi connectivity index (χ4v) is 2.47. The van der Waals surface area contributed by atoms with Crippen molar-refractivity contribution >= 4 is 15.7 Å². The van der Waals surface area contributed by atoms with Gasteiger partial charge < -0.3 is 5.73 Å². The number of nitrogens with zero attached hydrogens (tertiary/aromatic N) is 2. The Labute approximate surface area is 84.0 Å². The van der Waals surface area contributed by atoms with Gasteiger partial charge in [0.05, 0.1) is 22.8 Å². The van der Waals surface area contributed by atoms with Gasteiger partial charge in [0.2, 0.25) is 0 Å². The van der Waals surface area contributed by atoms with Crippen molar-refractivity contribution < 1.29 is 8.42 Å². The Morgan fingerprint density at radius 3 is 2.57 bits per heavy atom. The van der Waals surface area contributed by atoms with Crippen molar-refractivity contribution in [3.8, 4) is 0 Å². The molecule has 0 amide bonds. The van der Waals surface area contributed by atoms with Crippen molar-refractivity contribution in [3.05, 3.63) is 11.9 Å². The lowest BCUT2D eigenvalue weighted by atomic mass is 10.4. The molecule has 80 valence electrons. The Hall–Kier alpha value is -1.04. The van der Waals surface area contributed by atoms with Crippen LogP contribution in [0.1, 0.15) is 26.0 Å². The van der Waals surface area contributed by atoms with E-state index in [0.29, 0.717) is 17.8 Å².